The third-order valence-corrected chi connectivity index (χ3v) is 2.50. The second-order valence-electron chi connectivity index (χ2n) is 3.28. The third kappa shape index (κ3) is 3.58. The first kappa shape index (κ1) is 12.1. The van der Waals surface area contributed by atoms with Gasteiger partial charge in [0.15, 0.2) is 0 Å². The van der Waals surface area contributed by atoms with Crippen molar-refractivity contribution in [1.29, 1.82) is 0 Å². The first-order chi connectivity index (χ1) is 7.15. The lowest BCUT2D eigenvalue weighted by atomic mass is 10.2. The van der Waals surface area contributed by atoms with Crippen molar-refractivity contribution >= 4 is 21.8 Å². The zero-order valence-corrected chi connectivity index (χ0v) is 10.5. The number of nitrogens with one attached hydrogen (secondary N) is 1. The van der Waals surface area contributed by atoms with Gasteiger partial charge in [-0.15, -0.1) is 0 Å². The second-order valence-corrected chi connectivity index (χ2v) is 4.08. The van der Waals surface area contributed by atoms with Gasteiger partial charge in [-0.1, -0.05) is 15.9 Å². The standard InChI is InChI=1S/C10H14BrN3O/c1-7-6-9(8(2)14-13-7)10(15)12-5-3-4-11/h6H,3-5H2,1-2H3,(H,12,15). The Kier molecular flexibility index (Phi) is 4.68. The molecule has 4 nitrogen and oxygen atoms in total. The fraction of sp³-hybridized carbons (Fsp3) is 0.500. The van der Waals surface area contributed by atoms with Crippen LogP contribution in [0.15, 0.2) is 6.07 Å². The fourth-order valence-corrected chi connectivity index (χ4v) is 1.42. The van der Waals surface area contributed by atoms with E-state index in [1.54, 1.807) is 13.0 Å². The minimum Gasteiger partial charge on any atom is -0.352 e. The van der Waals surface area contributed by atoms with Crippen LogP contribution in [0.3, 0.4) is 0 Å². The first-order valence-electron chi connectivity index (χ1n) is 4.80. The highest BCUT2D eigenvalue weighted by molar-refractivity contribution is 9.09. The first-order valence-corrected chi connectivity index (χ1v) is 5.92. The molecule has 0 spiro atoms. The van der Waals surface area contributed by atoms with E-state index in [1.807, 2.05) is 6.92 Å². The molecule has 0 aliphatic carbocycles. The van der Waals surface area contributed by atoms with Crippen LogP contribution in [0.4, 0.5) is 0 Å². The minimum atomic E-state index is -0.0774. The van der Waals surface area contributed by atoms with Crippen molar-refractivity contribution in [2.24, 2.45) is 0 Å². The molecule has 1 aromatic heterocycles. The largest absolute Gasteiger partial charge is 0.352 e. The number of halogens is 1. The summed E-state index contributed by atoms with van der Waals surface area (Å²) in [6.45, 7) is 4.28. The van der Waals surface area contributed by atoms with Crippen molar-refractivity contribution in [1.82, 2.24) is 15.5 Å². The molecule has 1 N–H and O–H groups in total. The summed E-state index contributed by atoms with van der Waals surface area (Å²) in [4.78, 5) is 11.7. The summed E-state index contributed by atoms with van der Waals surface area (Å²) >= 11 is 3.31. The topological polar surface area (TPSA) is 54.9 Å². The van der Waals surface area contributed by atoms with Crippen LogP contribution in [-0.2, 0) is 0 Å². The molecule has 0 aliphatic rings. The Labute approximate surface area is 97.6 Å². The molecule has 0 radical (unpaired) electrons. The molecule has 82 valence electrons. The Balaban J connectivity index is 2.68. The fourth-order valence-electron chi connectivity index (χ4n) is 1.14. The van der Waals surface area contributed by atoms with Crippen molar-refractivity contribution < 1.29 is 4.79 Å². The normalized spacial score (nSPS) is 10.1. The summed E-state index contributed by atoms with van der Waals surface area (Å²) in [6, 6.07) is 1.76. The van der Waals surface area contributed by atoms with Gasteiger partial charge < -0.3 is 5.32 Å². The number of alkyl halides is 1. The maximum absolute atomic E-state index is 11.7. The Bertz CT molecular complexity index is 355. The van der Waals surface area contributed by atoms with Crippen molar-refractivity contribution in [3.05, 3.63) is 23.0 Å². The van der Waals surface area contributed by atoms with Gasteiger partial charge in [-0.3, -0.25) is 4.79 Å². The summed E-state index contributed by atoms with van der Waals surface area (Å²) in [6.07, 6.45) is 0.919. The summed E-state index contributed by atoms with van der Waals surface area (Å²) in [5.74, 6) is -0.0774. The predicted octanol–water partition coefficient (Wildman–Crippen LogP) is 1.61. The lowest BCUT2D eigenvalue weighted by Crippen LogP contribution is -2.26. The molecular weight excluding hydrogens is 258 g/mol. The predicted molar refractivity (Wildman–Crippen MR) is 62.3 cm³/mol. The number of amides is 1. The minimum absolute atomic E-state index is 0.0774. The van der Waals surface area contributed by atoms with Crippen molar-refractivity contribution in [2.45, 2.75) is 20.3 Å². The van der Waals surface area contributed by atoms with Crippen LogP contribution in [0.25, 0.3) is 0 Å². The monoisotopic (exact) mass is 271 g/mol. The number of carbonyl (C=O) groups is 1. The van der Waals surface area contributed by atoms with Gasteiger partial charge >= 0.3 is 0 Å². The molecule has 0 aliphatic heterocycles. The highest BCUT2D eigenvalue weighted by Gasteiger charge is 2.09. The highest BCUT2D eigenvalue weighted by atomic mass is 79.9. The van der Waals surface area contributed by atoms with Crippen LogP contribution in [0.5, 0.6) is 0 Å². The summed E-state index contributed by atoms with van der Waals surface area (Å²) in [7, 11) is 0. The van der Waals surface area contributed by atoms with E-state index in [4.69, 9.17) is 0 Å². The second kappa shape index (κ2) is 5.80. The number of aryl methyl sites for hydroxylation is 2. The lowest BCUT2D eigenvalue weighted by Gasteiger charge is -2.06. The summed E-state index contributed by atoms with van der Waals surface area (Å²) in [5.41, 5.74) is 2.03. The molecule has 0 atom stereocenters. The molecule has 0 aromatic carbocycles. The maximum atomic E-state index is 11.7. The zero-order valence-electron chi connectivity index (χ0n) is 8.88. The molecule has 0 bridgehead atoms. The van der Waals surface area contributed by atoms with E-state index in [-0.39, 0.29) is 5.91 Å². The SMILES string of the molecule is Cc1cc(C(=O)NCCCBr)c(C)nn1. The Morgan fingerprint density at radius 1 is 1.47 bits per heavy atom. The summed E-state index contributed by atoms with van der Waals surface area (Å²) < 4.78 is 0. The molecule has 0 saturated carbocycles. The molecule has 0 fully saturated rings. The van der Waals surface area contributed by atoms with Gasteiger partial charge in [-0.25, -0.2) is 0 Å². The van der Waals surface area contributed by atoms with E-state index in [2.05, 4.69) is 31.4 Å². The number of aromatic nitrogens is 2. The van der Waals surface area contributed by atoms with E-state index in [9.17, 15) is 4.79 Å². The average Bonchev–Trinajstić information content (AvgIpc) is 2.22. The molecule has 15 heavy (non-hydrogen) atoms. The van der Waals surface area contributed by atoms with Crippen LogP contribution in [0, 0.1) is 13.8 Å². The van der Waals surface area contributed by atoms with E-state index in [0.29, 0.717) is 17.8 Å². The number of carbonyl (C=O) groups excluding carboxylic acids is 1. The van der Waals surface area contributed by atoms with Crippen LogP contribution in [-0.4, -0.2) is 28.0 Å². The van der Waals surface area contributed by atoms with E-state index in [1.165, 1.54) is 0 Å². The Hall–Kier alpha value is -0.970. The lowest BCUT2D eigenvalue weighted by molar-refractivity contribution is 0.0952. The zero-order chi connectivity index (χ0) is 11.3. The van der Waals surface area contributed by atoms with E-state index >= 15 is 0 Å². The maximum Gasteiger partial charge on any atom is 0.253 e. The van der Waals surface area contributed by atoms with Crippen molar-refractivity contribution in [2.75, 3.05) is 11.9 Å². The number of rotatable bonds is 4. The van der Waals surface area contributed by atoms with Gasteiger partial charge in [0.05, 0.1) is 17.0 Å². The third-order valence-electron chi connectivity index (χ3n) is 1.94. The van der Waals surface area contributed by atoms with Gasteiger partial charge in [0.25, 0.3) is 5.91 Å². The Morgan fingerprint density at radius 3 is 2.87 bits per heavy atom. The smallest absolute Gasteiger partial charge is 0.253 e. The van der Waals surface area contributed by atoms with Gasteiger partial charge in [-0.2, -0.15) is 10.2 Å². The number of hydrogen-bond donors (Lipinski definition) is 1. The van der Waals surface area contributed by atoms with Crippen molar-refractivity contribution in [3.63, 3.8) is 0 Å². The van der Waals surface area contributed by atoms with Gasteiger partial charge in [-0.05, 0) is 26.3 Å². The molecule has 1 aromatic rings. The van der Waals surface area contributed by atoms with Crippen LogP contribution < -0.4 is 5.32 Å². The molecule has 1 amide bonds. The van der Waals surface area contributed by atoms with E-state index in [0.717, 1.165) is 17.4 Å². The molecule has 1 heterocycles. The molecule has 1 rings (SSSR count). The molecular formula is C10H14BrN3O. The number of nitrogens with zero attached hydrogens (tertiary/aromatic N) is 2. The van der Waals surface area contributed by atoms with Crippen LogP contribution >= 0.6 is 15.9 Å². The average molecular weight is 272 g/mol. The quantitative estimate of drug-likeness (QED) is 0.669. The highest BCUT2D eigenvalue weighted by Crippen LogP contribution is 2.04. The van der Waals surface area contributed by atoms with Crippen LogP contribution in [0.2, 0.25) is 0 Å². The van der Waals surface area contributed by atoms with Gasteiger partial charge in [0.1, 0.15) is 0 Å². The number of hydrogen-bond acceptors (Lipinski definition) is 3. The molecule has 0 unspecified atom stereocenters. The molecule has 0 saturated heterocycles. The summed E-state index contributed by atoms with van der Waals surface area (Å²) in [5, 5.41) is 11.5. The van der Waals surface area contributed by atoms with Gasteiger partial charge in [0.2, 0.25) is 0 Å². The van der Waals surface area contributed by atoms with Crippen LogP contribution in [0.1, 0.15) is 28.2 Å². The van der Waals surface area contributed by atoms with E-state index < -0.39 is 0 Å². The van der Waals surface area contributed by atoms with Crippen molar-refractivity contribution in [3.8, 4) is 0 Å². The molecule has 5 heteroatoms. The Morgan fingerprint density at radius 2 is 2.20 bits per heavy atom. The van der Waals surface area contributed by atoms with Gasteiger partial charge in [0, 0.05) is 11.9 Å².